The normalized spacial score (nSPS) is 10.4. The third-order valence-electron chi connectivity index (χ3n) is 2.75. The van der Waals surface area contributed by atoms with Crippen molar-refractivity contribution in [3.05, 3.63) is 63.4 Å². The van der Waals surface area contributed by atoms with E-state index >= 15 is 0 Å². The van der Waals surface area contributed by atoms with Gasteiger partial charge in [-0.2, -0.15) is 0 Å². The average Bonchev–Trinajstić information content (AvgIpc) is 2.47. The first-order chi connectivity index (χ1) is 10.0. The molecule has 4 nitrogen and oxygen atoms in total. The number of anilines is 1. The van der Waals surface area contributed by atoms with Gasteiger partial charge in [0.05, 0.1) is 15.6 Å². The molecule has 2 aromatic rings. The molecule has 0 amide bonds. The number of nitrogens with one attached hydrogen (secondary N) is 2. The Kier molecular flexibility index (Phi) is 5.01. The van der Waals surface area contributed by atoms with Gasteiger partial charge in [0, 0.05) is 17.8 Å². The molecule has 0 saturated carbocycles. The van der Waals surface area contributed by atoms with E-state index in [1.54, 1.807) is 0 Å². The molecule has 0 atom stereocenters. The lowest BCUT2D eigenvalue weighted by Gasteiger charge is -2.13. The number of benzene rings is 2. The molecule has 2 rings (SSSR count). The van der Waals surface area contributed by atoms with Crippen molar-refractivity contribution < 1.29 is 14.3 Å². The highest BCUT2D eigenvalue weighted by atomic mass is 35.5. The number of carboxylic acid groups (broad SMARTS) is 1. The SMILES string of the molecule is O=C(O)c1cc(F)c(Cl)c(CNNc2ccccc2)c1Cl. The maximum atomic E-state index is 13.6. The van der Waals surface area contributed by atoms with Gasteiger partial charge in [0.1, 0.15) is 5.82 Å². The Bertz CT molecular complexity index is 666. The fourth-order valence-corrected chi connectivity index (χ4v) is 2.28. The van der Waals surface area contributed by atoms with E-state index in [2.05, 4.69) is 10.9 Å². The molecule has 110 valence electrons. The molecule has 0 saturated heterocycles. The molecule has 3 N–H and O–H groups in total. The first-order valence-electron chi connectivity index (χ1n) is 5.94. The Morgan fingerprint density at radius 2 is 1.86 bits per heavy atom. The standard InChI is InChI=1S/C14H11Cl2FN2O2/c15-12-9(14(20)21)6-11(17)13(16)10(12)7-18-19-8-4-2-1-3-5-8/h1-6,18-19H,7H2,(H,20,21). The van der Waals surface area contributed by atoms with E-state index in [1.807, 2.05) is 30.3 Å². The van der Waals surface area contributed by atoms with Crippen LogP contribution in [0.15, 0.2) is 36.4 Å². The summed E-state index contributed by atoms with van der Waals surface area (Å²) < 4.78 is 13.6. The van der Waals surface area contributed by atoms with E-state index in [9.17, 15) is 9.18 Å². The van der Waals surface area contributed by atoms with Crippen LogP contribution in [0, 0.1) is 5.82 Å². The first kappa shape index (κ1) is 15.6. The summed E-state index contributed by atoms with van der Waals surface area (Å²) in [6, 6.07) is 10.0. The summed E-state index contributed by atoms with van der Waals surface area (Å²) in [5, 5.41) is 8.69. The number of hydrogen-bond donors (Lipinski definition) is 3. The second-order valence-corrected chi connectivity index (χ2v) is 4.92. The smallest absolute Gasteiger partial charge is 0.337 e. The van der Waals surface area contributed by atoms with Gasteiger partial charge in [-0.1, -0.05) is 41.4 Å². The number of rotatable bonds is 5. The molecule has 0 heterocycles. The minimum Gasteiger partial charge on any atom is -0.478 e. The Morgan fingerprint density at radius 3 is 2.48 bits per heavy atom. The molecule has 0 unspecified atom stereocenters. The fraction of sp³-hybridized carbons (Fsp3) is 0.0714. The van der Waals surface area contributed by atoms with Crippen molar-refractivity contribution in [1.29, 1.82) is 0 Å². The first-order valence-corrected chi connectivity index (χ1v) is 6.70. The van der Waals surface area contributed by atoms with Gasteiger partial charge in [0.25, 0.3) is 0 Å². The number of hydrazine groups is 1. The highest BCUT2D eigenvalue weighted by Crippen LogP contribution is 2.30. The summed E-state index contributed by atoms with van der Waals surface area (Å²) in [5.74, 6) is -2.14. The molecule has 7 heteroatoms. The van der Waals surface area contributed by atoms with Gasteiger partial charge in [-0.05, 0) is 18.2 Å². The number of halogens is 3. The monoisotopic (exact) mass is 328 g/mol. The molecule has 0 spiro atoms. The third kappa shape index (κ3) is 3.64. The summed E-state index contributed by atoms with van der Waals surface area (Å²) in [7, 11) is 0. The molecular weight excluding hydrogens is 318 g/mol. The molecule has 2 aromatic carbocycles. The zero-order valence-electron chi connectivity index (χ0n) is 10.7. The highest BCUT2D eigenvalue weighted by Gasteiger charge is 2.19. The molecule has 0 fully saturated rings. The van der Waals surface area contributed by atoms with Crippen LogP contribution in [0.25, 0.3) is 0 Å². The molecular formula is C14H11Cl2FN2O2. The predicted molar refractivity (Wildman–Crippen MR) is 80.3 cm³/mol. The Morgan fingerprint density at radius 1 is 1.19 bits per heavy atom. The van der Waals surface area contributed by atoms with E-state index in [4.69, 9.17) is 28.3 Å². The summed E-state index contributed by atoms with van der Waals surface area (Å²) in [5.41, 5.74) is 6.34. The summed E-state index contributed by atoms with van der Waals surface area (Å²) in [4.78, 5) is 11.0. The van der Waals surface area contributed by atoms with E-state index < -0.39 is 11.8 Å². The minimum absolute atomic E-state index is 0.0601. The zero-order valence-corrected chi connectivity index (χ0v) is 12.2. The van der Waals surface area contributed by atoms with Gasteiger partial charge in [-0.15, -0.1) is 0 Å². The summed E-state index contributed by atoms with van der Waals surface area (Å²) in [6.07, 6.45) is 0. The Balaban J connectivity index is 2.18. The molecule has 0 aliphatic carbocycles. The van der Waals surface area contributed by atoms with Crippen molar-refractivity contribution in [3.8, 4) is 0 Å². The van der Waals surface area contributed by atoms with E-state index in [1.165, 1.54) is 0 Å². The lowest BCUT2D eigenvalue weighted by atomic mass is 10.1. The summed E-state index contributed by atoms with van der Waals surface area (Å²) >= 11 is 11.8. The maximum Gasteiger partial charge on any atom is 0.337 e. The zero-order chi connectivity index (χ0) is 15.4. The van der Waals surface area contributed by atoms with Crippen molar-refractivity contribution in [3.63, 3.8) is 0 Å². The lowest BCUT2D eigenvalue weighted by molar-refractivity contribution is 0.0696. The summed E-state index contributed by atoms with van der Waals surface area (Å²) in [6.45, 7) is 0.0601. The van der Waals surface area contributed by atoms with E-state index in [-0.39, 0.29) is 27.7 Å². The van der Waals surface area contributed by atoms with Crippen LogP contribution < -0.4 is 10.9 Å². The molecule has 0 radical (unpaired) electrons. The largest absolute Gasteiger partial charge is 0.478 e. The van der Waals surface area contributed by atoms with Crippen LogP contribution in [0.3, 0.4) is 0 Å². The Labute approximate surface area is 130 Å². The minimum atomic E-state index is -1.31. The van der Waals surface area contributed by atoms with Crippen LogP contribution in [0.4, 0.5) is 10.1 Å². The number of para-hydroxylation sites is 1. The van der Waals surface area contributed by atoms with Crippen molar-refractivity contribution in [2.24, 2.45) is 0 Å². The van der Waals surface area contributed by atoms with Crippen LogP contribution in [0.5, 0.6) is 0 Å². The quantitative estimate of drug-likeness (QED) is 0.574. The number of carboxylic acids is 1. The van der Waals surface area contributed by atoms with Crippen molar-refractivity contribution in [2.45, 2.75) is 6.54 Å². The average molecular weight is 329 g/mol. The molecule has 0 aliphatic rings. The van der Waals surface area contributed by atoms with Crippen LogP contribution in [-0.2, 0) is 6.54 Å². The number of hydrogen-bond acceptors (Lipinski definition) is 3. The lowest BCUT2D eigenvalue weighted by Crippen LogP contribution is -2.22. The number of carbonyl (C=O) groups is 1. The maximum absolute atomic E-state index is 13.6. The second-order valence-electron chi connectivity index (χ2n) is 4.16. The third-order valence-corrected chi connectivity index (χ3v) is 3.59. The van der Waals surface area contributed by atoms with E-state index in [0.29, 0.717) is 0 Å². The molecule has 0 aliphatic heterocycles. The topological polar surface area (TPSA) is 61.4 Å². The van der Waals surface area contributed by atoms with Crippen LogP contribution in [0.1, 0.15) is 15.9 Å². The van der Waals surface area contributed by atoms with Crippen molar-refractivity contribution >= 4 is 34.9 Å². The van der Waals surface area contributed by atoms with Crippen LogP contribution >= 0.6 is 23.2 Å². The second kappa shape index (κ2) is 6.76. The highest BCUT2D eigenvalue weighted by molar-refractivity contribution is 6.38. The van der Waals surface area contributed by atoms with Gasteiger partial charge in [0.2, 0.25) is 0 Å². The number of aromatic carboxylic acids is 1. The van der Waals surface area contributed by atoms with Gasteiger partial charge >= 0.3 is 5.97 Å². The van der Waals surface area contributed by atoms with Crippen LogP contribution in [0.2, 0.25) is 10.0 Å². The molecule has 0 bridgehead atoms. The fourth-order valence-electron chi connectivity index (χ4n) is 1.72. The van der Waals surface area contributed by atoms with Gasteiger partial charge in [0.15, 0.2) is 0 Å². The van der Waals surface area contributed by atoms with E-state index in [0.717, 1.165) is 11.8 Å². The van der Waals surface area contributed by atoms with Crippen molar-refractivity contribution in [2.75, 3.05) is 5.43 Å². The van der Waals surface area contributed by atoms with Crippen molar-refractivity contribution in [1.82, 2.24) is 5.43 Å². The van der Waals surface area contributed by atoms with Gasteiger partial charge in [-0.3, -0.25) is 0 Å². The van der Waals surface area contributed by atoms with Gasteiger partial charge in [-0.25, -0.2) is 14.6 Å². The van der Waals surface area contributed by atoms with Gasteiger partial charge < -0.3 is 10.5 Å². The Hall–Kier alpha value is -1.82. The van der Waals surface area contributed by atoms with Crippen LogP contribution in [-0.4, -0.2) is 11.1 Å². The molecule has 0 aromatic heterocycles. The predicted octanol–water partition coefficient (Wildman–Crippen LogP) is 3.95. The molecule has 21 heavy (non-hydrogen) atoms.